The Morgan fingerprint density at radius 3 is 2.75 bits per heavy atom. The number of ether oxygens (including phenoxy) is 1. The summed E-state index contributed by atoms with van der Waals surface area (Å²) in [5.74, 6) is 2.08. The minimum Gasteiger partial charge on any atom is -0.366 e. The summed E-state index contributed by atoms with van der Waals surface area (Å²) >= 11 is 0. The first-order chi connectivity index (χ1) is 11.9. The van der Waals surface area contributed by atoms with Crippen molar-refractivity contribution in [3.63, 3.8) is 0 Å². The number of benzene rings is 1. The van der Waals surface area contributed by atoms with E-state index in [-0.39, 0.29) is 6.10 Å². The molecular weight excluding hydrogens is 302 g/mol. The fourth-order valence-electron chi connectivity index (χ4n) is 3.82. The third kappa shape index (κ3) is 3.68. The Morgan fingerprint density at radius 2 is 1.92 bits per heavy atom. The normalized spacial score (nSPS) is 23.4. The molecule has 0 N–H and O–H groups in total. The highest BCUT2D eigenvalue weighted by atomic mass is 16.5. The van der Waals surface area contributed by atoms with E-state index in [1.54, 1.807) is 0 Å². The van der Waals surface area contributed by atoms with Crippen molar-refractivity contribution in [2.24, 2.45) is 5.92 Å². The van der Waals surface area contributed by atoms with Crippen molar-refractivity contribution < 1.29 is 9.26 Å². The van der Waals surface area contributed by atoms with Gasteiger partial charge in [0.05, 0.1) is 6.61 Å². The molecule has 1 saturated carbocycles. The molecule has 1 atom stereocenters. The van der Waals surface area contributed by atoms with Crippen molar-refractivity contribution >= 4 is 0 Å². The van der Waals surface area contributed by atoms with E-state index >= 15 is 0 Å². The van der Waals surface area contributed by atoms with Crippen LogP contribution in [0.3, 0.4) is 0 Å². The Labute approximate surface area is 143 Å². The van der Waals surface area contributed by atoms with E-state index in [2.05, 4.69) is 15.0 Å². The predicted octanol–water partition coefficient (Wildman–Crippen LogP) is 3.69. The van der Waals surface area contributed by atoms with Crippen molar-refractivity contribution in [2.75, 3.05) is 26.2 Å². The summed E-state index contributed by atoms with van der Waals surface area (Å²) in [4.78, 5) is 7.07. The zero-order chi connectivity index (χ0) is 16.2. The lowest BCUT2D eigenvalue weighted by molar-refractivity contribution is -0.0499. The Balaban J connectivity index is 1.40. The molecule has 1 aliphatic heterocycles. The first-order valence-electron chi connectivity index (χ1n) is 9.11. The monoisotopic (exact) mass is 327 g/mol. The summed E-state index contributed by atoms with van der Waals surface area (Å²) in [7, 11) is 0. The third-order valence-electron chi connectivity index (χ3n) is 5.14. The second kappa shape index (κ2) is 7.45. The van der Waals surface area contributed by atoms with Crippen molar-refractivity contribution in [3.05, 3.63) is 36.2 Å². The Morgan fingerprint density at radius 1 is 1.08 bits per heavy atom. The Kier molecular flexibility index (Phi) is 4.90. The van der Waals surface area contributed by atoms with E-state index in [0.29, 0.717) is 11.7 Å². The molecule has 2 aliphatic rings. The van der Waals surface area contributed by atoms with Crippen LogP contribution in [-0.4, -0.2) is 41.3 Å². The van der Waals surface area contributed by atoms with Crippen molar-refractivity contribution in [1.82, 2.24) is 15.0 Å². The lowest BCUT2D eigenvalue weighted by Crippen LogP contribution is -2.41. The maximum Gasteiger partial charge on any atom is 0.257 e. The Hall–Kier alpha value is -1.72. The van der Waals surface area contributed by atoms with Crippen LogP contribution in [0.4, 0.5) is 0 Å². The van der Waals surface area contributed by atoms with Crippen LogP contribution in [0.2, 0.25) is 0 Å². The topological polar surface area (TPSA) is 51.4 Å². The molecule has 1 aliphatic carbocycles. The molecular formula is C19H25N3O2. The number of morpholine rings is 1. The van der Waals surface area contributed by atoms with Gasteiger partial charge in [-0.25, -0.2) is 0 Å². The summed E-state index contributed by atoms with van der Waals surface area (Å²) in [5, 5.41) is 4.12. The number of rotatable bonds is 4. The molecule has 5 nitrogen and oxygen atoms in total. The average Bonchev–Trinajstić information content (AvgIpc) is 3.14. The molecule has 0 radical (unpaired) electrons. The maximum atomic E-state index is 5.89. The lowest BCUT2D eigenvalue weighted by Gasteiger charge is -2.34. The van der Waals surface area contributed by atoms with Crippen LogP contribution < -0.4 is 0 Å². The van der Waals surface area contributed by atoms with Crippen LogP contribution in [0.15, 0.2) is 34.9 Å². The fraction of sp³-hybridized carbons (Fsp3) is 0.579. The molecule has 1 saturated heterocycles. The van der Waals surface area contributed by atoms with E-state index in [0.717, 1.165) is 31.2 Å². The van der Waals surface area contributed by atoms with Gasteiger partial charge in [-0.3, -0.25) is 4.90 Å². The van der Waals surface area contributed by atoms with Crippen molar-refractivity contribution in [1.29, 1.82) is 0 Å². The van der Waals surface area contributed by atoms with Crippen LogP contribution in [-0.2, 0) is 4.74 Å². The van der Waals surface area contributed by atoms with Crippen LogP contribution >= 0.6 is 0 Å². The molecule has 0 amide bonds. The van der Waals surface area contributed by atoms with Gasteiger partial charge in [-0.1, -0.05) is 54.8 Å². The summed E-state index contributed by atoms with van der Waals surface area (Å²) < 4.78 is 11.4. The van der Waals surface area contributed by atoms with Gasteiger partial charge in [0.25, 0.3) is 5.89 Å². The largest absolute Gasteiger partial charge is 0.366 e. The van der Waals surface area contributed by atoms with Gasteiger partial charge in [-0.15, -0.1) is 0 Å². The van der Waals surface area contributed by atoms with Crippen LogP contribution in [0, 0.1) is 5.92 Å². The minimum atomic E-state index is -0.104. The highest BCUT2D eigenvalue weighted by Gasteiger charge is 2.28. The van der Waals surface area contributed by atoms with E-state index in [1.807, 2.05) is 30.3 Å². The van der Waals surface area contributed by atoms with Crippen molar-refractivity contribution in [2.45, 2.75) is 38.2 Å². The minimum absolute atomic E-state index is 0.104. The van der Waals surface area contributed by atoms with Gasteiger partial charge in [-0.05, 0) is 18.8 Å². The molecule has 2 heterocycles. The summed E-state index contributed by atoms with van der Waals surface area (Å²) in [6.45, 7) is 3.78. The molecule has 0 bridgehead atoms. The van der Waals surface area contributed by atoms with E-state index in [4.69, 9.17) is 9.26 Å². The summed E-state index contributed by atoms with van der Waals surface area (Å²) in [6, 6.07) is 9.93. The molecule has 128 valence electrons. The van der Waals surface area contributed by atoms with E-state index < -0.39 is 0 Å². The smallest absolute Gasteiger partial charge is 0.257 e. The highest BCUT2D eigenvalue weighted by Crippen LogP contribution is 2.28. The van der Waals surface area contributed by atoms with Gasteiger partial charge in [-0.2, -0.15) is 4.98 Å². The first kappa shape index (κ1) is 15.8. The van der Waals surface area contributed by atoms with Crippen LogP contribution in [0.1, 0.15) is 44.1 Å². The molecule has 1 aromatic carbocycles. The predicted molar refractivity (Wildman–Crippen MR) is 91.4 cm³/mol. The highest BCUT2D eigenvalue weighted by molar-refractivity contribution is 5.53. The van der Waals surface area contributed by atoms with Gasteiger partial charge in [0.2, 0.25) is 5.82 Å². The van der Waals surface area contributed by atoms with E-state index in [1.165, 1.54) is 38.6 Å². The summed E-state index contributed by atoms with van der Waals surface area (Å²) in [5.41, 5.74) is 0.974. The van der Waals surface area contributed by atoms with Crippen molar-refractivity contribution in [3.8, 4) is 11.4 Å². The van der Waals surface area contributed by atoms with Gasteiger partial charge >= 0.3 is 0 Å². The number of hydrogen-bond acceptors (Lipinski definition) is 5. The van der Waals surface area contributed by atoms with Gasteiger partial charge in [0, 0.05) is 25.2 Å². The second-order valence-electron chi connectivity index (χ2n) is 6.95. The fourth-order valence-corrected chi connectivity index (χ4v) is 3.82. The maximum absolute atomic E-state index is 5.89. The van der Waals surface area contributed by atoms with E-state index in [9.17, 15) is 0 Å². The zero-order valence-corrected chi connectivity index (χ0v) is 14.1. The quantitative estimate of drug-likeness (QED) is 0.857. The standard InChI is InChI=1S/C19H25N3O2/c1-3-7-15(8-4-1)13-22-11-12-23-17(14-22)19-20-18(21-24-19)16-9-5-2-6-10-16/h2,5-6,9-10,15,17H,1,3-4,7-8,11-14H2/t17-/m0/s1. The third-order valence-corrected chi connectivity index (χ3v) is 5.14. The van der Waals surface area contributed by atoms with Gasteiger partial charge < -0.3 is 9.26 Å². The summed E-state index contributed by atoms with van der Waals surface area (Å²) in [6.07, 6.45) is 6.84. The molecule has 0 unspecified atom stereocenters. The molecule has 1 aromatic heterocycles. The van der Waals surface area contributed by atoms with Crippen LogP contribution in [0.25, 0.3) is 11.4 Å². The molecule has 2 aromatic rings. The zero-order valence-electron chi connectivity index (χ0n) is 14.1. The number of nitrogens with zero attached hydrogens (tertiary/aromatic N) is 3. The van der Waals surface area contributed by atoms with Gasteiger partial charge in [0.15, 0.2) is 0 Å². The average molecular weight is 327 g/mol. The Bertz CT molecular complexity index is 637. The molecule has 2 fully saturated rings. The SMILES string of the molecule is c1ccc(-c2noc([C@@H]3CN(CC4CCCCC4)CCO3)n2)cc1. The molecule has 24 heavy (non-hydrogen) atoms. The number of aromatic nitrogens is 2. The first-order valence-corrected chi connectivity index (χ1v) is 9.11. The van der Waals surface area contributed by atoms with Crippen LogP contribution in [0.5, 0.6) is 0 Å². The molecule has 4 rings (SSSR count). The lowest BCUT2D eigenvalue weighted by atomic mass is 9.89. The molecule has 0 spiro atoms. The molecule has 5 heteroatoms. The number of hydrogen-bond donors (Lipinski definition) is 0. The van der Waals surface area contributed by atoms with Gasteiger partial charge in [0.1, 0.15) is 6.10 Å². The second-order valence-corrected chi connectivity index (χ2v) is 6.95.